The van der Waals surface area contributed by atoms with Crippen molar-refractivity contribution in [3.8, 4) is 17.2 Å². The molecule has 0 N–H and O–H groups in total. The number of aromatic nitrogens is 1. The molecule has 0 saturated carbocycles. The van der Waals surface area contributed by atoms with Crippen molar-refractivity contribution in [3.63, 3.8) is 0 Å². The molecule has 6 aromatic rings. The zero-order chi connectivity index (χ0) is 30.8. The van der Waals surface area contributed by atoms with Crippen LogP contribution in [-0.2, 0) is 16.2 Å². The van der Waals surface area contributed by atoms with Crippen molar-refractivity contribution in [1.29, 1.82) is 0 Å². The van der Waals surface area contributed by atoms with Crippen LogP contribution in [0.15, 0.2) is 97.1 Å². The molecule has 0 atom stereocenters. The lowest BCUT2D eigenvalue weighted by Crippen LogP contribution is -2.63. The SMILES string of the molecule is CC(C)(C)c1ccc2c(c1)B1c3cc4c5ccccc5n(-c5ccccc5)c4cc3C(C)(C)c3c(C(C)(C)C)ccc(c31)O2. The van der Waals surface area contributed by atoms with Crippen LogP contribution < -0.4 is 21.1 Å². The predicted octanol–water partition coefficient (Wildman–Crippen LogP) is 8.64. The molecular weight excluding hydrogens is 533 g/mol. The van der Waals surface area contributed by atoms with Gasteiger partial charge < -0.3 is 9.30 Å². The van der Waals surface area contributed by atoms with E-state index in [4.69, 9.17) is 4.74 Å². The molecule has 8 rings (SSSR count). The Bertz CT molecular complexity index is 2140. The van der Waals surface area contributed by atoms with Crippen LogP contribution in [0.1, 0.15) is 77.6 Å². The maximum absolute atomic E-state index is 6.78. The van der Waals surface area contributed by atoms with Crippen LogP contribution in [0.4, 0.5) is 0 Å². The first-order chi connectivity index (χ1) is 20.9. The van der Waals surface area contributed by atoms with E-state index >= 15 is 0 Å². The third kappa shape index (κ3) is 3.74. The minimum atomic E-state index is -0.228. The summed E-state index contributed by atoms with van der Waals surface area (Å²) in [5, 5.41) is 2.59. The summed E-state index contributed by atoms with van der Waals surface area (Å²) in [5.74, 6) is 1.97. The normalized spacial score (nSPS) is 15.1. The Kier molecular flexibility index (Phi) is 5.53. The van der Waals surface area contributed by atoms with Crippen molar-refractivity contribution in [2.24, 2.45) is 0 Å². The average Bonchev–Trinajstić information content (AvgIpc) is 3.31. The Labute approximate surface area is 261 Å². The minimum Gasteiger partial charge on any atom is -0.458 e. The molecule has 0 saturated heterocycles. The molecule has 0 radical (unpaired) electrons. The first-order valence-corrected chi connectivity index (χ1v) is 16.0. The third-order valence-corrected chi connectivity index (χ3v) is 10.2. The summed E-state index contributed by atoms with van der Waals surface area (Å²) in [6.45, 7) is 18.9. The maximum atomic E-state index is 6.78. The smallest absolute Gasteiger partial charge is 0.251 e. The van der Waals surface area contributed by atoms with Crippen molar-refractivity contribution in [2.75, 3.05) is 0 Å². The molecule has 44 heavy (non-hydrogen) atoms. The van der Waals surface area contributed by atoms with E-state index in [1.165, 1.54) is 66.1 Å². The van der Waals surface area contributed by atoms with E-state index in [2.05, 4.69) is 157 Å². The van der Waals surface area contributed by atoms with E-state index in [9.17, 15) is 0 Å². The molecule has 2 aliphatic rings. The highest BCUT2D eigenvalue weighted by Gasteiger charge is 2.47. The quantitative estimate of drug-likeness (QED) is 0.179. The van der Waals surface area contributed by atoms with Gasteiger partial charge in [-0.2, -0.15) is 0 Å². The second-order valence-corrected chi connectivity index (χ2v) is 15.5. The van der Waals surface area contributed by atoms with Gasteiger partial charge in [-0.15, -0.1) is 0 Å². The number of fused-ring (bicyclic) bond motifs is 7. The fraction of sp³-hybridized carbons (Fsp3) is 0.268. The van der Waals surface area contributed by atoms with Crippen LogP contribution in [0.25, 0.3) is 27.5 Å². The monoisotopic (exact) mass is 573 g/mol. The van der Waals surface area contributed by atoms with Gasteiger partial charge in [0.2, 0.25) is 0 Å². The average molecular weight is 574 g/mol. The summed E-state index contributed by atoms with van der Waals surface area (Å²) in [6, 6.07) is 36.2. The van der Waals surface area contributed by atoms with Crippen molar-refractivity contribution >= 4 is 44.9 Å². The van der Waals surface area contributed by atoms with Gasteiger partial charge in [0.05, 0.1) is 11.0 Å². The van der Waals surface area contributed by atoms with Gasteiger partial charge in [0.1, 0.15) is 11.5 Å². The Hall–Kier alpha value is -4.24. The summed E-state index contributed by atoms with van der Waals surface area (Å²) in [5.41, 5.74) is 13.1. The molecule has 3 heteroatoms. The van der Waals surface area contributed by atoms with Crippen LogP contribution in [0.3, 0.4) is 0 Å². The fourth-order valence-corrected chi connectivity index (χ4v) is 8.01. The Morgan fingerprint density at radius 2 is 1.34 bits per heavy atom. The number of nitrogens with zero attached hydrogens (tertiary/aromatic N) is 1. The molecule has 2 nitrogen and oxygen atoms in total. The summed E-state index contributed by atoms with van der Waals surface area (Å²) in [6.07, 6.45) is 0. The van der Waals surface area contributed by atoms with Crippen molar-refractivity contribution in [2.45, 2.75) is 71.6 Å². The predicted molar refractivity (Wildman–Crippen MR) is 188 cm³/mol. The Morgan fingerprint density at radius 3 is 2.07 bits per heavy atom. The number of benzene rings is 5. The molecule has 0 spiro atoms. The first kappa shape index (κ1) is 27.3. The zero-order valence-corrected chi connectivity index (χ0v) is 27.2. The van der Waals surface area contributed by atoms with Crippen LogP contribution in [0, 0.1) is 0 Å². The number of hydrogen-bond donors (Lipinski definition) is 0. The highest BCUT2D eigenvalue weighted by molar-refractivity contribution is 6.98. The van der Waals surface area contributed by atoms with E-state index in [-0.39, 0.29) is 23.0 Å². The number of hydrogen-bond acceptors (Lipinski definition) is 1. The molecule has 0 bridgehead atoms. The van der Waals surface area contributed by atoms with Gasteiger partial charge in [0.15, 0.2) is 0 Å². The lowest BCUT2D eigenvalue weighted by molar-refractivity contribution is 0.480. The van der Waals surface area contributed by atoms with Crippen LogP contribution >= 0.6 is 0 Å². The van der Waals surface area contributed by atoms with E-state index in [0.29, 0.717) is 0 Å². The summed E-state index contributed by atoms with van der Waals surface area (Å²) >= 11 is 0. The number of para-hydroxylation sites is 2. The van der Waals surface area contributed by atoms with Crippen LogP contribution in [0.5, 0.6) is 11.5 Å². The molecule has 0 unspecified atom stereocenters. The molecule has 0 aliphatic carbocycles. The Balaban J connectivity index is 1.53. The standard InChI is InChI=1S/C41H40BNO/c1-39(2,3)25-18-20-35-32(22-25)42-31-23-28-27-16-12-13-17-33(27)43(26-14-10-9-11-15-26)34(28)24-30(31)41(7,8)37-29(40(4,5)6)19-21-36(44-35)38(37)42/h9-24H,1-8H3. The van der Waals surface area contributed by atoms with E-state index in [1.54, 1.807) is 0 Å². The minimum absolute atomic E-state index is 0.0136. The molecule has 0 fully saturated rings. The van der Waals surface area contributed by atoms with Gasteiger partial charge in [-0.25, -0.2) is 0 Å². The summed E-state index contributed by atoms with van der Waals surface area (Å²) in [4.78, 5) is 0. The second kappa shape index (κ2) is 8.91. The lowest BCUT2D eigenvalue weighted by Gasteiger charge is -2.45. The van der Waals surface area contributed by atoms with Gasteiger partial charge in [-0.05, 0) is 80.4 Å². The van der Waals surface area contributed by atoms with Gasteiger partial charge in [0, 0.05) is 21.9 Å². The van der Waals surface area contributed by atoms with E-state index in [0.717, 1.165) is 11.5 Å². The number of rotatable bonds is 1. The number of ether oxygens (including phenoxy) is 1. The maximum Gasteiger partial charge on any atom is 0.251 e. The molecule has 3 heterocycles. The van der Waals surface area contributed by atoms with Crippen LogP contribution in [0.2, 0.25) is 0 Å². The molecule has 5 aromatic carbocycles. The van der Waals surface area contributed by atoms with Crippen molar-refractivity contribution in [1.82, 2.24) is 4.57 Å². The molecule has 218 valence electrons. The molecular formula is C41H40BNO. The first-order valence-electron chi connectivity index (χ1n) is 16.0. The van der Waals surface area contributed by atoms with Crippen LogP contribution in [-0.4, -0.2) is 11.3 Å². The largest absolute Gasteiger partial charge is 0.458 e. The topological polar surface area (TPSA) is 14.2 Å². The molecule has 2 aliphatic heterocycles. The summed E-state index contributed by atoms with van der Waals surface area (Å²) < 4.78 is 9.24. The van der Waals surface area contributed by atoms with Gasteiger partial charge in [0.25, 0.3) is 6.71 Å². The fourth-order valence-electron chi connectivity index (χ4n) is 8.01. The molecule has 1 aromatic heterocycles. The Morgan fingerprint density at radius 1 is 0.636 bits per heavy atom. The van der Waals surface area contributed by atoms with E-state index in [1.807, 2.05) is 0 Å². The van der Waals surface area contributed by atoms with Gasteiger partial charge in [-0.1, -0.05) is 122 Å². The van der Waals surface area contributed by atoms with Gasteiger partial charge >= 0.3 is 0 Å². The van der Waals surface area contributed by atoms with E-state index < -0.39 is 0 Å². The van der Waals surface area contributed by atoms with Gasteiger partial charge in [-0.3, -0.25) is 0 Å². The highest BCUT2D eigenvalue weighted by atomic mass is 16.5. The highest BCUT2D eigenvalue weighted by Crippen LogP contribution is 2.45. The lowest BCUT2D eigenvalue weighted by atomic mass is 9.30. The van der Waals surface area contributed by atoms with Crippen molar-refractivity contribution in [3.05, 3.63) is 119 Å². The molecule has 0 amide bonds. The van der Waals surface area contributed by atoms with Crippen molar-refractivity contribution < 1.29 is 4.74 Å². The zero-order valence-electron chi connectivity index (χ0n) is 27.2. The summed E-state index contributed by atoms with van der Waals surface area (Å²) in [7, 11) is 0. The third-order valence-electron chi connectivity index (χ3n) is 10.2. The second-order valence-electron chi connectivity index (χ2n) is 15.5.